The minimum atomic E-state index is -4.09. The van der Waals surface area contributed by atoms with Crippen LogP contribution in [-0.4, -0.2) is 8.42 Å². The van der Waals surface area contributed by atoms with Crippen molar-refractivity contribution >= 4 is 37.3 Å². The van der Waals surface area contributed by atoms with Gasteiger partial charge in [0.05, 0.1) is 0 Å². The molecule has 3 N–H and O–H groups in total. The van der Waals surface area contributed by atoms with Crippen molar-refractivity contribution in [2.45, 2.75) is 18.0 Å². The highest BCUT2D eigenvalue weighted by Gasteiger charge is 2.23. The zero-order valence-corrected chi connectivity index (χ0v) is 13.8. The summed E-state index contributed by atoms with van der Waals surface area (Å²) < 4.78 is 54.6. The fourth-order valence-corrected chi connectivity index (χ4v) is 4.25. The van der Waals surface area contributed by atoms with Crippen molar-refractivity contribution in [3.05, 3.63) is 50.1 Å². The molecule has 0 aliphatic heterocycles. The molecule has 0 saturated heterocycles. The molecule has 0 atom stereocenters. The minimum Gasteiger partial charge on any atom is -0.326 e. The second-order valence-corrected chi connectivity index (χ2v) is 7.74. The zero-order valence-electron chi connectivity index (χ0n) is 10.6. The highest BCUT2D eigenvalue weighted by Crippen LogP contribution is 2.22. The fourth-order valence-electron chi connectivity index (χ4n) is 1.66. The maximum atomic E-state index is 14.0. The number of hydrogen-bond donors (Lipinski definition) is 2. The van der Waals surface area contributed by atoms with E-state index in [-0.39, 0.29) is 6.54 Å². The quantitative estimate of drug-likeness (QED) is 0.815. The van der Waals surface area contributed by atoms with Gasteiger partial charge in [-0.15, -0.1) is 11.3 Å². The molecular formula is C12H11BrF2N2O2S2. The van der Waals surface area contributed by atoms with Crippen LogP contribution in [0.3, 0.4) is 0 Å². The van der Waals surface area contributed by atoms with Gasteiger partial charge in [0.1, 0.15) is 10.7 Å². The third kappa shape index (κ3) is 3.67. The van der Waals surface area contributed by atoms with E-state index in [0.29, 0.717) is 0 Å². The number of rotatable bonds is 5. The lowest BCUT2D eigenvalue weighted by Crippen LogP contribution is -2.24. The molecule has 4 nitrogen and oxygen atoms in total. The van der Waals surface area contributed by atoms with Crippen molar-refractivity contribution in [3.63, 3.8) is 0 Å². The maximum absolute atomic E-state index is 14.0. The largest absolute Gasteiger partial charge is 0.326 e. The Morgan fingerprint density at radius 3 is 2.62 bits per heavy atom. The molecule has 21 heavy (non-hydrogen) atoms. The van der Waals surface area contributed by atoms with Gasteiger partial charge in [-0.2, -0.15) is 0 Å². The van der Waals surface area contributed by atoms with Crippen LogP contribution in [0.25, 0.3) is 0 Å². The first-order valence-corrected chi connectivity index (χ1v) is 8.90. The highest BCUT2D eigenvalue weighted by atomic mass is 79.9. The number of sulfonamides is 1. The standard InChI is InChI=1S/C12H11BrF2N2O2S2/c13-7-3-8(20-6-7)5-17-21(18,19)11-2-1-10(14)9(4-16)12(11)15/h1-3,6,17H,4-5,16H2. The van der Waals surface area contributed by atoms with Gasteiger partial charge in [-0.3, -0.25) is 0 Å². The first-order chi connectivity index (χ1) is 9.85. The summed E-state index contributed by atoms with van der Waals surface area (Å²) in [6, 6.07) is 3.53. The van der Waals surface area contributed by atoms with Crippen LogP contribution in [0, 0.1) is 11.6 Å². The van der Waals surface area contributed by atoms with Crippen LogP contribution in [0.2, 0.25) is 0 Å². The molecule has 0 aliphatic carbocycles. The maximum Gasteiger partial charge on any atom is 0.243 e. The second-order valence-electron chi connectivity index (χ2n) is 4.10. The van der Waals surface area contributed by atoms with Gasteiger partial charge in [0.25, 0.3) is 0 Å². The van der Waals surface area contributed by atoms with Crippen molar-refractivity contribution in [1.82, 2.24) is 4.72 Å². The van der Waals surface area contributed by atoms with Crippen LogP contribution < -0.4 is 10.5 Å². The molecule has 0 unspecified atom stereocenters. The van der Waals surface area contributed by atoms with Gasteiger partial charge in [-0.25, -0.2) is 21.9 Å². The van der Waals surface area contributed by atoms with Crippen molar-refractivity contribution in [2.24, 2.45) is 5.73 Å². The summed E-state index contributed by atoms with van der Waals surface area (Å²) in [5.74, 6) is -2.02. The number of hydrogen-bond acceptors (Lipinski definition) is 4. The van der Waals surface area contributed by atoms with Crippen LogP contribution in [0.1, 0.15) is 10.4 Å². The average Bonchev–Trinajstić information content (AvgIpc) is 2.83. The van der Waals surface area contributed by atoms with Crippen LogP contribution in [0.15, 0.2) is 32.9 Å². The fraction of sp³-hybridized carbons (Fsp3) is 0.167. The molecule has 9 heteroatoms. The Labute approximate surface area is 133 Å². The summed E-state index contributed by atoms with van der Waals surface area (Å²) >= 11 is 4.61. The summed E-state index contributed by atoms with van der Waals surface area (Å²) in [6.07, 6.45) is 0. The molecule has 1 heterocycles. The van der Waals surface area contributed by atoms with E-state index in [2.05, 4.69) is 20.7 Å². The topological polar surface area (TPSA) is 72.2 Å². The van der Waals surface area contributed by atoms with Crippen LogP contribution in [-0.2, 0) is 23.1 Å². The number of thiophene rings is 1. The normalized spacial score (nSPS) is 11.8. The van der Waals surface area contributed by atoms with Crippen LogP contribution in [0.4, 0.5) is 8.78 Å². The Kier molecular flexibility index (Phi) is 5.10. The molecule has 0 aliphatic rings. The van der Waals surface area contributed by atoms with Crippen molar-refractivity contribution in [3.8, 4) is 0 Å². The van der Waals surface area contributed by atoms with Crippen molar-refractivity contribution in [1.29, 1.82) is 0 Å². The first kappa shape index (κ1) is 16.5. The molecule has 2 aromatic rings. The summed E-state index contributed by atoms with van der Waals surface area (Å²) in [4.78, 5) is 0.145. The van der Waals surface area contributed by atoms with Gasteiger partial charge < -0.3 is 5.73 Å². The van der Waals surface area contributed by atoms with E-state index in [4.69, 9.17) is 5.73 Å². The minimum absolute atomic E-state index is 0.0212. The Morgan fingerprint density at radius 2 is 2.05 bits per heavy atom. The molecule has 1 aromatic carbocycles. The average molecular weight is 397 g/mol. The summed E-state index contributed by atoms with van der Waals surface area (Å²) in [5.41, 5.74) is 4.79. The van der Waals surface area contributed by atoms with Crippen molar-refractivity contribution in [2.75, 3.05) is 0 Å². The van der Waals surface area contributed by atoms with E-state index in [1.807, 2.05) is 0 Å². The van der Waals surface area contributed by atoms with Gasteiger partial charge in [-0.1, -0.05) is 0 Å². The number of benzene rings is 1. The first-order valence-electron chi connectivity index (χ1n) is 5.74. The Balaban J connectivity index is 2.27. The monoisotopic (exact) mass is 396 g/mol. The number of nitrogens with two attached hydrogens (primary N) is 1. The lowest BCUT2D eigenvalue weighted by molar-refractivity contribution is 0.525. The Bertz CT molecular complexity index is 763. The van der Waals surface area contributed by atoms with Crippen molar-refractivity contribution < 1.29 is 17.2 Å². The van der Waals surface area contributed by atoms with Crippen LogP contribution in [0.5, 0.6) is 0 Å². The van der Waals surface area contributed by atoms with E-state index < -0.39 is 38.7 Å². The van der Waals surface area contributed by atoms with Gasteiger partial charge in [0.15, 0.2) is 5.82 Å². The van der Waals surface area contributed by atoms with Gasteiger partial charge in [0, 0.05) is 33.4 Å². The molecule has 0 amide bonds. The molecule has 2 rings (SSSR count). The van der Waals surface area contributed by atoms with E-state index >= 15 is 0 Å². The second kappa shape index (κ2) is 6.49. The van der Waals surface area contributed by atoms with E-state index in [1.54, 1.807) is 11.4 Å². The molecule has 0 spiro atoms. The summed E-state index contributed by atoms with van der Waals surface area (Å²) in [5, 5.41) is 1.80. The SMILES string of the molecule is NCc1c(F)ccc(S(=O)(=O)NCc2cc(Br)cs2)c1F. The van der Waals surface area contributed by atoms with Gasteiger partial charge in [0.2, 0.25) is 10.0 Å². The molecule has 0 saturated carbocycles. The highest BCUT2D eigenvalue weighted by molar-refractivity contribution is 9.10. The van der Waals surface area contributed by atoms with E-state index in [0.717, 1.165) is 21.5 Å². The summed E-state index contributed by atoms with van der Waals surface area (Å²) in [7, 11) is -4.09. The van der Waals surface area contributed by atoms with Gasteiger partial charge in [-0.05, 0) is 34.1 Å². The van der Waals surface area contributed by atoms with E-state index in [1.165, 1.54) is 11.3 Å². The zero-order chi connectivity index (χ0) is 15.6. The number of nitrogens with one attached hydrogen (secondary N) is 1. The predicted octanol–water partition coefficient (Wildman–Crippen LogP) is 2.73. The van der Waals surface area contributed by atoms with Gasteiger partial charge >= 0.3 is 0 Å². The smallest absolute Gasteiger partial charge is 0.243 e. The molecule has 0 fully saturated rings. The van der Waals surface area contributed by atoms with E-state index in [9.17, 15) is 17.2 Å². The molecule has 114 valence electrons. The third-order valence-corrected chi connectivity index (χ3v) is 5.82. The summed E-state index contributed by atoms with van der Waals surface area (Å²) in [6.45, 7) is -0.397. The van der Waals surface area contributed by atoms with Crippen LogP contribution >= 0.6 is 27.3 Å². The Hall–Kier alpha value is -0.870. The Morgan fingerprint density at radius 1 is 1.33 bits per heavy atom. The molecule has 0 bridgehead atoms. The predicted molar refractivity (Wildman–Crippen MR) is 80.3 cm³/mol. The molecule has 0 radical (unpaired) electrons. The number of halogens is 3. The third-order valence-electron chi connectivity index (χ3n) is 2.70. The molecular weight excluding hydrogens is 386 g/mol. The lowest BCUT2D eigenvalue weighted by atomic mass is 10.2. The lowest BCUT2D eigenvalue weighted by Gasteiger charge is -2.10. The molecule has 1 aromatic heterocycles.